The first kappa shape index (κ1) is 23.6. The Morgan fingerprint density at radius 2 is 1.88 bits per heavy atom. The maximum Gasteiger partial charge on any atom is 0.416 e. The van der Waals surface area contributed by atoms with Gasteiger partial charge in [0.2, 0.25) is 11.8 Å². The van der Waals surface area contributed by atoms with Gasteiger partial charge < -0.3 is 10.1 Å². The SMILES string of the molecule is CCOC(=O)CCC(=O)Nc1cccc(C2SCC(=O)N2c2ccc(C(F)(F)F)cc2)c1. The molecule has 170 valence electrons. The predicted molar refractivity (Wildman–Crippen MR) is 115 cm³/mol. The number of alkyl halides is 3. The van der Waals surface area contributed by atoms with Crippen LogP contribution in [-0.4, -0.2) is 30.1 Å². The van der Waals surface area contributed by atoms with Crippen LogP contribution in [0.15, 0.2) is 48.5 Å². The van der Waals surface area contributed by atoms with Gasteiger partial charge in [0.15, 0.2) is 0 Å². The minimum absolute atomic E-state index is 0.0304. The second-order valence-electron chi connectivity index (χ2n) is 6.95. The fourth-order valence-electron chi connectivity index (χ4n) is 3.20. The highest BCUT2D eigenvalue weighted by molar-refractivity contribution is 8.00. The van der Waals surface area contributed by atoms with E-state index in [9.17, 15) is 27.6 Å². The van der Waals surface area contributed by atoms with Gasteiger partial charge in [0, 0.05) is 17.8 Å². The summed E-state index contributed by atoms with van der Waals surface area (Å²) in [5, 5.41) is 2.26. The van der Waals surface area contributed by atoms with Crippen molar-refractivity contribution in [2.75, 3.05) is 22.6 Å². The largest absolute Gasteiger partial charge is 0.466 e. The van der Waals surface area contributed by atoms with Crippen LogP contribution in [-0.2, 0) is 25.3 Å². The number of carbonyl (C=O) groups excluding carboxylic acids is 3. The minimum Gasteiger partial charge on any atom is -0.466 e. The topological polar surface area (TPSA) is 75.7 Å². The number of benzene rings is 2. The van der Waals surface area contributed by atoms with E-state index < -0.39 is 23.1 Å². The number of nitrogens with one attached hydrogen (secondary N) is 1. The van der Waals surface area contributed by atoms with Crippen molar-refractivity contribution in [1.29, 1.82) is 0 Å². The molecule has 1 aliphatic heterocycles. The maximum absolute atomic E-state index is 12.9. The molecule has 1 saturated heterocycles. The van der Waals surface area contributed by atoms with Gasteiger partial charge in [-0.2, -0.15) is 13.2 Å². The molecule has 1 heterocycles. The molecule has 0 radical (unpaired) electrons. The molecule has 2 aromatic carbocycles. The van der Waals surface area contributed by atoms with Crippen molar-refractivity contribution in [1.82, 2.24) is 0 Å². The lowest BCUT2D eigenvalue weighted by atomic mass is 10.1. The van der Waals surface area contributed by atoms with Crippen LogP contribution in [0.3, 0.4) is 0 Å². The van der Waals surface area contributed by atoms with E-state index >= 15 is 0 Å². The second-order valence-corrected chi connectivity index (χ2v) is 8.02. The Morgan fingerprint density at radius 1 is 1.16 bits per heavy atom. The van der Waals surface area contributed by atoms with Gasteiger partial charge in [-0.15, -0.1) is 11.8 Å². The number of thioether (sulfide) groups is 1. The van der Waals surface area contributed by atoms with Gasteiger partial charge in [-0.1, -0.05) is 12.1 Å². The summed E-state index contributed by atoms with van der Waals surface area (Å²) in [4.78, 5) is 37.5. The molecule has 0 aromatic heterocycles. The van der Waals surface area contributed by atoms with Crippen LogP contribution in [0.1, 0.15) is 36.3 Å². The molecule has 1 unspecified atom stereocenters. The van der Waals surface area contributed by atoms with Gasteiger partial charge in [-0.25, -0.2) is 0 Å². The smallest absolute Gasteiger partial charge is 0.416 e. The molecule has 3 rings (SSSR count). The van der Waals surface area contributed by atoms with Crippen molar-refractivity contribution in [2.24, 2.45) is 0 Å². The van der Waals surface area contributed by atoms with E-state index in [1.165, 1.54) is 28.8 Å². The lowest BCUT2D eigenvalue weighted by molar-refractivity contribution is -0.144. The highest BCUT2D eigenvalue weighted by atomic mass is 32.2. The first-order valence-corrected chi connectivity index (χ1v) is 10.9. The van der Waals surface area contributed by atoms with Crippen LogP contribution < -0.4 is 10.2 Å². The molecule has 0 saturated carbocycles. The monoisotopic (exact) mass is 466 g/mol. The zero-order valence-corrected chi connectivity index (χ0v) is 18.0. The maximum atomic E-state index is 12.9. The Bertz CT molecular complexity index is 995. The zero-order valence-electron chi connectivity index (χ0n) is 17.1. The number of amides is 2. The standard InChI is InChI=1S/C22H21F3N2O4S/c1-2-31-20(30)11-10-18(28)26-16-5-3-4-14(12-16)21-27(19(29)13-32-21)17-8-6-15(7-9-17)22(23,24)25/h3-9,12,21H,2,10-11,13H2,1H3,(H,26,28). The molecule has 1 atom stereocenters. The third kappa shape index (κ3) is 5.82. The Hall–Kier alpha value is -3.01. The summed E-state index contributed by atoms with van der Waals surface area (Å²) in [6.07, 6.45) is -4.52. The Kier molecular flexibility index (Phi) is 7.44. The summed E-state index contributed by atoms with van der Waals surface area (Å²) >= 11 is 1.34. The molecule has 0 bridgehead atoms. The molecule has 2 amide bonds. The molecule has 32 heavy (non-hydrogen) atoms. The van der Waals surface area contributed by atoms with Crippen molar-refractivity contribution < 1.29 is 32.3 Å². The summed E-state index contributed by atoms with van der Waals surface area (Å²) in [6, 6.07) is 11.3. The number of nitrogens with zero attached hydrogens (tertiary/aromatic N) is 1. The number of hydrogen-bond donors (Lipinski definition) is 1. The highest BCUT2D eigenvalue weighted by Crippen LogP contribution is 2.43. The number of hydrogen-bond acceptors (Lipinski definition) is 5. The van der Waals surface area contributed by atoms with E-state index in [1.54, 1.807) is 31.2 Å². The lowest BCUT2D eigenvalue weighted by Crippen LogP contribution is -2.28. The van der Waals surface area contributed by atoms with Crippen molar-refractivity contribution in [3.8, 4) is 0 Å². The van der Waals surface area contributed by atoms with Crippen molar-refractivity contribution in [3.63, 3.8) is 0 Å². The predicted octanol–water partition coefficient (Wildman–Crippen LogP) is 4.77. The number of ether oxygens (including phenoxy) is 1. The Labute approximate surface area is 187 Å². The van der Waals surface area contributed by atoms with Crippen LogP contribution in [0.2, 0.25) is 0 Å². The molecule has 0 spiro atoms. The molecule has 1 fully saturated rings. The number of anilines is 2. The van der Waals surface area contributed by atoms with Gasteiger partial charge in [-0.05, 0) is 48.9 Å². The minimum atomic E-state index is -4.46. The quantitative estimate of drug-likeness (QED) is 0.596. The highest BCUT2D eigenvalue weighted by Gasteiger charge is 2.35. The van der Waals surface area contributed by atoms with Crippen LogP contribution in [0.5, 0.6) is 0 Å². The molecule has 0 aliphatic carbocycles. The summed E-state index contributed by atoms with van der Waals surface area (Å²) in [6.45, 7) is 1.93. The van der Waals surface area contributed by atoms with Gasteiger partial charge in [0.1, 0.15) is 5.37 Å². The Morgan fingerprint density at radius 3 is 2.53 bits per heavy atom. The normalized spacial score (nSPS) is 16.2. The average molecular weight is 466 g/mol. The van der Waals surface area contributed by atoms with E-state index in [1.807, 2.05) is 0 Å². The first-order chi connectivity index (χ1) is 15.2. The molecule has 1 N–H and O–H groups in total. The van der Waals surface area contributed by atoms with E-state index in [4.69, 9.17) is 4.74 Å². The van der Waals surface area contributed by atoms with Gasteiger partial charge in [0.05, 0.1) is 24.3 Å². The third-order valence-corrected chi connectivity index (χ3v) is 5.87. The van der Waals surface area contributed by atoms with E-state index in [-0.39, 0.29) is 37.0 Å². The summed E-state index contributed by atoms with van der Waals surface area (Å²) < 4.78 is 43.4. The molecular weight excluding hydrogens is 445 g/mol. The summed E-state index contributed by atoms with van der Waals surface area (Å²) in [5.74, 6) is -0.847. The number of carbonyl (C=O) groups is 3. The molecule has 1 aliphatic rings. The lowest BCUT2D eigenvalue weighted by Gasteiger charge is -2.25. The van der Waals surface area contributed by atoms with Crippen molar-refractivity contribution in [2.45, 2.75) is 31.3 Å². The number of rotatable bonds is 7. The van der Waals surface area contributed by atoms with Gasteiger partial charge in [-0.3, -0.25) is 19.3 Å². The molecule has 2 aromatic rings. The van der Waals surface area contributed by atoms with E-state index in [2.05, 4.69) is 5.32 Å². The average Bonchev–Trinajstić information content (AvgIpc) is 3.13. The molecular formula is C22H21F3N2O4S. The summed E-state index contributed by atoms with van der Waals surface area (Å²) in [5.41, 5.74) is 0.777. The second kappa shape index (κ2) is 10.1. The number of halogens is 3. The van der Waals surface area contributed by atoms with Crippen molar-refractivity contribution >= 4 is 40.9 Å². The van der Waals surface area contributed by atoms with E-state index in [0.29, 0.717) is 16.9 Å². The summed E-state index contributed by atoms with van der Waals surface area (Å²) in [7, 11) is 0. The van der Waals surface area contributed by atoms with Crippen molar-refractivity contribution in [3.05, 3.63) is 59.7 Å². The molecule has 6 nitrogen and oxygen atoms in total. The Balaban J connectivity index is 1.73. The number of esters is 1. The van der Waals surface area contributed by atoms with Crippen LogP contribution in [0, 0.1) is 0 Å². The van der Waals surface area contributed by atoms with Gasteiger partial charge >= 0.3 is 12.1 Å². The fourth-order valence-corrected chi connectivity index (χ4v) is 4.37. The van der Waals surface area contributed by atoms with E-state index in [0.717, 1.165) is 12.1 Å². The molecule has 10 heteroatoms. The van der Waals surface area contributed by atoms with Crippen LogP contribution in [0.25, 0.3) is 0 Å². The third-order valence-electron chi connectivity index (χ3n) is 4.66. The first-order valence-electron chi connectivity index (χ1n) is 9.85. The van der Waals surface area contributed by atoms with Crippen LogP contribution in [0.4, 0.5) is 24.5 Å². The van der Waals surface area contributed by atoms with Gasteiger partial charge in [0.25, 0.3) is 0 Å². The zero-order chi connectivity index (χ0) is 23.3. The fraction of sp³-hybridized carbons (Fsp3) is 0.318. The van der Waals surface area contributed by atoms with Crippen LogP contribution >= 0.6 is 11.8 Å².